The number of carbonyl (C=O) groups is 1. The van der Waals surface area contributed by atoms with Crippen LogP contribution in [-0.4, -0.2) is 22.4 Å². The maximum atomic E-state index is 12.9. The van der Waals surface area contributed by atoms with Crippen LogP contribution in [0.5, 0.6) is 0 Å². The lowest BCUT2D eigenvalue weighted by atomic mass is 10.3. The van der Waals surface area contributed by atoms with Crippen LogP contribution in [0.15, 0.2) is 24.3 Å². The molecule has 0 radical (unpaired) electrons. The van der Waals surface area contributed by atoms with Crippen LogP contribution in [0.25, 0.3) is 5.69 Å². The van der Waals surface area contributed by atoms with Crippen LogP contribution in [0.1, 0.15) is 23.1 Å². The second-order valence-electron chi connectivity index (χ2n) is 3.86. The van der Waals surface area contributed by atoms with Gasteiger partial charge in [-0.25, -0.2) is 13.9 Å². The van der Waals surface area contributed by atoms with Gasteiger partial charge in [0.15, 0.2) is 5.69 Å². The fourth-order valence-electron chi connectivity index (χ4n) is 1.65. The Balaban J connectivity index is 2.54. The van der Waals surface area contributed by atoms with Gasteiger partial charge in [-0.15, -0.1) is 0 Å². The van der Waals surface area contributed by atoms with E-state index in [1.165, 1.54) is 28.9 Å². The summed E-state index contributed by atoms with van der Waals surface area (Å²) in [5.41, 5.74) is 1.20. The van der Waals surface area contributed by atoms with Crippen molar-refractivity contribution >= 4 is 17.6 Å². The molecule has 2 rings (SSSR count). The van der Waals surface area contributed by atoms with Crippen LogP contribution in [-0.2, 0) is 4.74 Å². The molecule has 0 fully saturated rings. The first-order chi connectivity index (χ1) is 9.04. The molecule has 1 heterocycles. The van der Waals surface area contributed by atoms with E-state index < -0.39 is 5.97 Å². The molecular formula is C13H12ClFN2O2. The van der Waals surface area contributed by atoms with Gasteiger partial charge in [0.2, 0.25) is 0 Å². The number of hydrogen-bond acceptors (Lipinski definition) is 3. The summed E-state index contributed by atoms with van der Waals surface area (Å²) in [7, 11) is 0. The molecule has 0 saturated heterocycles. The summed E-state index contributed by atoms with van der Waals surface area (Å²) in [5.74, 6) is -0.922. The zero-order chi connectivity index (χ0) is 14.0. The van der Waals surface area contributed by atoms with Crippen LogP contribution in [0.4, 0.5) is 4.39 Å². The molecule has 0 atom stereocenters. The molecule has 0 aliphatic heterocycles. The smallest absolute Gasteiger partial charge is 0.358 e. The second kappa shape index (κ2) is 5.40. The summed E-state index contributed by atoms with van der Waals surface area (Å²) in [4.78, 5) is 11.9. The SMILES string of the molecule is CCOC(=O)c1c(Cl)c(C)nn1-c1ccc(F)cc1. The standard InChI is InChI=1S/C13H12ClFN2O2/c1-3-19-13(18)12-11(14)8(2)16-17(12)10-6-4-9(15)5-7-10/h4-7H,3H2,1-2H3. The summed E-state index contributed by atoms with van der Waals surface area (Å²) in [6.07, 6.45) is 0. The Morgan fingerprint density at radius 1 is 1.42 bits per heavy atom. The third-order valence-corrected chi connectivity index (χ3v) is 2.98. The van der Waals surface area contributed by atoms with Gasteiger partial charge < -0.3 is 4.74 Å². The predicted molar refractivity (Wildman–Crippen MR) is 69.2 cm³/mol. The first-order valence-electron chi connectivity index (χ1n) is 5.72. The second-order valence-corrected chi connectivity index (χ2v) is 4.23. The number of hydrogen-bond donors (Lipinski definition) is 0. The van der Waals surface area contributed by atoms with Crippen molar-refractivity contribution in [3.05, 3.63) is 46.5 Å². The molecule has 1 aromatic heterocycles. The Kier molecular flexibility index (Phi) is 3.85. The van der Waals surface area contributed by atoms with Gasteiger partial charge in [0.1, 0.15) is 5.82 Å². The zero-order valence-corrected chi connectivity index (χ0v) is 11.2. The van der Waals surface area contributed by atoms with E-state index in [4.69, 9.17) is 16.3 Å². The van der Waals surface area contributed by atoms with Gasteiger partial charge in [0.25, 0.3) is 0 Å². The Hall–Kier alpha value is -1.88. The largest absolute Gasteiger partial charge is 0.461 e. The number of ether oxygens (including phenoxy) is 1. The van der Waals surface area contributed by atoms with Crippen LogP contribution < -0.4 is 0 Å². The third kappa shape index (κ3) is 2.61. The Morgan fingerprint density at radius 2 is 2.05 bits per heavy atom. The van der Waals surface area contributed by atoms with Crippen molar-refractivity contribution in [2.24, 2.45) is 0 Å². The van der Waals surface area contributed by atoms with Gasteiger partial charge in [-0.2, -0.15) is 5.10 Å². The Labute approximate surface area is 114 Å². The highest BCUT2D eigenvalue weighted by Gasteiger charge is 2.22. The summed E-state index contributed by atoms with van der Waals surface area (Å²) < 4.78 is 19.2. The minimum atomic E-state index is -0.558. The monoisotopic (exact) mass is 282 g/mol. The normalized spacial score (nSPS) is 10.5. The molecule has 0 aliphatic rings. The van der Waals surface area contributed by atoms with Gasteiger partial charge in [-0.1, -0.05) is 11.6 Å². The molecule has 19 heavy (non-hydrogen) atoms. The summed E-state index contributed by atoms with van der Waals surface area (Å²) in [6.45, 7) is 3.63. The topological polar surface area (TPSA) is 44.1 Å². The van der Waals surface area contributed by atoms with Crippen molar-refractivity contribution in [3.63, 3.8) is 0 Å². The number of rotatable bonds is 3. The Morgan fingerprint density at radius 3 is 2.63 bits per heavy atom. The van der Waals surface area contributed by atoms with Crippen molar-refractivity contribution in [1.29, 1.82) is 0 Å². The molecule has 2 aromatic rings. The molecule has 0 N–H and O–H groups in total. The quantitative estimate of drug-likeness (QED) is 0.812. The van der Waals surface area contributed by atoms with E-state index in [1.54, 1.807) is 13.8 Å². The lowest BCUT2D eigenvalue weighted by molar-refractivity contribution is 0.0516. The summed E-state index contributed by atoms with van der Waals surface area (Å²) in [5, 5.41) is 4.41. The van der Waals surface area contributed by atoms with E-state index in [9.17, 15) is 9.18 Å². The number of nitrogens with zero attached hydrogens (tertiary/aromatic N) is 2. The molecule has 0 amide bonds. The highest BCUT2D eigenvalue weighted by atomic mass is 35.5. The van der Waals surface area contributed by atoms with Gasteiger partial charge in [-0.05, 0) is 38.1 Å². The fourth-order valence-corrected chi connectivity index (χ4v) is 1.85. The van der Waals surface area contributed by atoms with E-state index in [1.807, 2.05) is 0 Å². The van der Waals surface area contributed by atoms with Crippen molar-refractivity contribution in [1.82, 2.24) is 9.78 Å². The number of carbonyl (C=O) groups excluding carboxylic acids is 1. The van der Waals surface area contributed by atoms with E-state index in [2.05, 4.69) is 5.10 Å². The van der Waals surface area contributed by atoms with Crippen molar-refractivity contribution in [2.75, 3.05) is 6.61 Å². The molecule has 0 aliphatic carbocycles. The maximum absolute atomic E-state index is 12.9. The fraction of sp³-hybridized carbons (Fsp3) is 0.231. The van der Waals surface area contributed by atoms with Gasteiger partial charge >= 0.3 is 5.97 Å². The van der Waals surface area contributed by atoms with Crippen molar-refractivity contribution in [3.8, 4) is 5.69 Å². The van der Waals surface area contributed by atoms with Crippen LogP contribution in [0.3, 0.4) is 0 Å². The van der Waals surface area contributed by atoms with E-state index in [0.717, 1.165) is 0 Å². The average Bonchev–Trinajstić information content (AvgIpc) is 2.67. The van der Waals surface area contributed by atoms with E-state index in [-0.39, 0.29) is 23.1 Å². The van der Waals surface area contributed by atoms with E-state index in [0.29, 0.717) is 11.4 Å². The van der Waals surface area contributed by atoms with Crippen LogP contribution >= 0.6 is 11.6 Å². The van der Waals surface area contributed by atoms with Crippen LogP contribution in [0.2, 0.25) is 5.02 Å². The number of aryl methyl sites for hydroxylation is 1. The van der Waals surface area contributed by atoms with Gasteiger partial charge in [-0.3, -0.25) is 0 Å². The van der Waals surface area contributed by atoms with Gasteiger partial charge in [0.05, 0.1) is 23.0 Å². The molecule has 1 aromatic carbocycles. The summed E-state index contributed by atoms with van der Waals surface area (Å²) >= 11 is 6.07. The number of halogens is 2. The zero-order valence-electron chi connectivity index (χ0n) is 10.5. The highest BCUT2D eigenvalue weighted by Crippen LogP contribution is 2.24. The lowest BCUT2D eigenvalue weighted by Gasteiger charge is -2.07. The van der Waals surface area contributed by atoms with Crippen molar-refractivity contribution < 1.29 is 13.9 Å². The molecule has 6 heteroatoms. The third-order valence-electron chi connectivity index (χ3n) is 2.53. The van der Waals surface area contributed by atoms with Crippen molar-refractivity contribution in [2.45, 2.75) is 13.8 Å². The first-order valence-corrected chi connectivity index (χ1v) is 6.10. The first kappa shape index (κ1) is 13.5. The number of aromatic nitrogens is 2. The lowest BCUT2D eigenvalue weighted by Crippen LogP contribution is -2.12. The molecule has 0 spiro atoms. The molecule has 4 nitrogen and oxygen atoms in total. The minimum Gasteiger partial charge on any atom is -0.461 e. The highest BCUT2D eigenvalue weighted by molar-refractivity contribution is 6.34. The van der Waals surface area contributed by atoms with E-state index >= 15 is 0 Å². The minimum absolute atomic E-state index is 0.146. The number of benzene rings is 1. The summed E-state index contributed by atoms with van der Waals surface area (Å²) in [6, 6.07) is 5.60. The van der Waals surface area contributed by atoms with Gasteiger partial charge in [0, 0.05) is 0 Å². The number of esters is 1. The molecular weight excluding hydrogens is 271 g/mol. The maximum Gasteiger partial charge on any atom is 0.358 e. The average molecular weight is 283 g/mol. The molecule has 100 valence electrons. The van der Waals surface area contributed by atoms with Crippen LogP contribution in [0, 0.1) is 12.7 Å². The molecule has 0 bridgehead atoms. The molecule has 0 saturated carbocycles. The molecule has 0 unspecified atom stereocenters. The predicted octanol–water partition coefficient (Wildman–Crippen LogP) is 3.15. The Bertz CT molecular complexity index is 608.